The molecule has 0 spiro atoms. The molecule has 1 fully saturated rings. The van der Waals surface area contributed by atoms with Crippen LogP contribution in [0, 0.1) is 5.92 Å². The summed E-state index contributed by atoms with van der Waals surface area (Å²) in [7, 11) is 1.88. The van der Waals surface area contributed by atoms with Gasteiger partial charge in [-0.15, -0.1) is 11.3 Å². The van der Waals surface area contributed by atoms with Gasteiger partial charge in [0.1, 0.15) is 0 Å². The van der Waals surface area contributed by atoms with Crippen molar-refractivity contribution in [2.75, 3.05) is 30.8 Å². The zero-order chi connectivity index (χ0) is 19.3. The van der Waals surface area contributed by atoms with E-state index in [0.717, 1.165) is 54.7 Å². The van der Waals surface area contributed by atoms with Crippen molar-refractivity contribution in [1.29, 1.82) is 0 Å². The standard InChI is InChI=1S/C20H24N6OS/c1-21-20-24-17(14-28-20)13-25-9-3-5-15(12-25)19(27)23-16-6-2-7-18(11-16)26-10-4-8-22-26/h2,4,6-8,10-11,14-15H,3,5,9,12-13H2,1H3,(H,21,24)(H,23,27). The van der Waals surface area contributed by atoms with Crippen molar-refractivity contribution in [1.82, 2.24) is 19.7 Å². The number of piperidine rings is 1. The van der Waals surface area contributed by atoms with Crippen molar-refractivity contribution in [3.8, 4) is 5.69 Å². The molecule has 1 amide bonds. The van der Waals surface area contributed by atoms with Crippen molar-refractivity contribution in [3.05, 3.63) is 53.8 Å². The van der Waals surface area contributed by atoms with Crippen LogP contribution < -0.4 is 10.6 Å². The zero-order valence-electron chi connectivity index (χ0n) is 15.8. The summed E-state index contributed by atoms with van der Waals surface area (Å²) in [4.78, 5) is 19.7. The highest BCUT2D eigenvalue weighted by molar-refractivity contribution is 7.13. The summed E-state index contributed by atoms with van der Waals surface area (Å²) in [6, 6.07) is 9.64. The van der Waals surface area contributed by atoms with Gasteiger partial charge in [-0.25, -0.2) is 9.67 Å². The third-order valence-electron chi connectivity index (χ3n) is 4.91. The molecule has 1 aromatic carbocycles. The van der Waals surface area contributed by atoms with Gasteiger partial charge < -0.3 is 10.6 Å². The molecule has 0 aliphatic carbocycles. The third-order valence-corrected chi connectivity index (χ3v) is 5.82. The van der Waals surface area contributed by atoms with Crippen LogP contribution >= 0.6 is 11.3 Å². The average molecular weight is 397 g/mol. The minimum absolute atomic E-state index is 0.00971. The normalized spacial score (nSPS) is 17.4. The molecule has 7 nitrogen and oxygen atoms in total. The van der Waals surface area contributed by atoms with E-state index in [1.165, 1.54) is 0 Å². The van der Waals surface area contributed by atoms with Crippen LogP contribution in [0.15, 0.2) is 48.1 Å². The van der Waals surface area contributed by atoms with Crippen LogP contribution in [0.1, 0.15) is 18.5 Å². The largest absolute Gasteiger partial charge is 0.365 e. The third kappa shape index (κ3) is 4.40. The number of aromatic nitrogens is 3. The lowest BCUT2D eigenvalue weighted by atomic mass is 9.97. The van der Waals surface area contributed by atoms with E-state index >= 15 is 0 Å². The summed E-state index contributed by atoms with van der Waals surface area (Å²) in [5, 5.41) is 13.4. The van der Waals surface area contributed by atoms with Crippen LogP contribution in [0.5, 0.6) is 0 Å². The molecule has 3 aromatic rings. The van der Waals surface area contributed by atoms with E-state index < -0.39 is 0 Å². The van der Waals surface area contributed by atoms with E-state index in [1.54, 1.807) is 22.2 Å². The van der Waals surface area contributed by atoms with E-state index in [-0.39, 0.29) is 11.8 Å². The Morgan fingerprint density at radius 2 is 2.29 bits per heavy atom. The van der Waals surface area contributed by atoms with Gasteiger partial charge in [-0.1, -0.05) is 6.07 Å². The second-order valence-electron chi connectivity index (χ2n) is 6.96. The summed E-state index contributed by atoms with van der Waals surface area (Å²) in [6.07, 6.45) is 5.57. The molecule has 0 bridgehead atoms. The number of carbonyl (C=O) groups is 1. The summed E-state index contributed by atoms with van der Waals surface area (Å²) in [5.74, 6) is 0.0704. The Morgan fingerprint density at radius 3 is 3.07 bits per heavy atom. The first kappa shape index (κ1) is 18.6. The number of benzene rings is 1. The molecule has 2 N–H and O–H groups in total. The van der Waals surface area contributed by atoms with Gasteiger partial charge in [0, 0.05) is 43.6 Å². The number of anilines is 2. The maximum Gasteiger partial charge on any atom is 0.228 e. The monoisotopic (exact) mass is 396 g/mol. The molecule has 2 aromatic heterocycles. The molecule has 4 rings (SSSR count). The van der Waals surface area contributed by atoms with Crippen LogP contribution in [-0.4, -0.2) is 45.7 Å². The second kappa shape index (κ2) is 8.53. The smallest absolute Gasteiger partial charge is 0.228 e. The average Bonchev–Trinajstić information content (AvgIpc) is 3.40. The number of nitrogens with one attached hydrogen (secondary N) is 2. The molecule has 1 unspecified atom stereocenters. The molecule has 3 heterocycles. The first-order chi connectivity index (χ1) is 13.7. The van der Waals surface area contributed by atoms with Crippen LogP contribution in [0.3, 0.4) is 0 Å². The van der Waals surface area contributed by atoms with E-state index in [9.17, 15) is 4.79 Å². The van der Waals surface area contributed by atoms with Crippen LogP contribution in [0.2, 0.25) is 0 Å². The van der Waals surface area contributed by atoms with Crippen LogP contribution in [0.25, 0.3) is 5.69 Å². The van der Waals surface area contributed by atoms with Crippen molar-refractivity contribution < 1.29 is 4.79 Å². The van der Waals surface area contributed by atoms with Gasteiger partial charge in [0.2, 0.25) is 5.91 Å². The quantitative estimate of drug-likeness (QED) is 0.669. The lowest BCUT2D eigenvalue weighted by Crippen LogP contribution is -2.40. The van der Waals surface area contributed by atoms with Crippen molar-refractivity contribution in [2.45, 2.75) is 19.4 Å². The molecule has 1 aliphatic rings. The van der Waals surface area contributed by atoms with Gasteiger partial charge in [-0.3, -0.25) is 9.69 Å². The minimum atomic E-state index is -0.00971. The SMILES string of the molecule is CNc1nc(CN2CCCC(C(=O)Nc3cccc(-n4cccn4)c3)C2)cs1. The Morgan fingerprint density at radius 1 is 1.36 bits per heavy atom. The summed E-state index contributed by atoms with van der Waals surface area (Å²) in [5.41, 5.74) is 2.78. The van der Waals surface area contributed by atoms with Crippen molar-refractivity contribution in [2.24, 2.45) is 5.92 Å². The summed E-state index contributed by atoms with van der Waals surface area (Å²) < 4.78 is 1.78. The van der Waals surface area contributed by atoms with Crippen LogP contribution in [-0.2, 0) is 11.3 Å². The van der Waals surface area contributed by atoms with E-state index in [0.29, 0.717) is 0 Å². The van der Waals surface area contributed by atoms with Crippen LogP contribution in [0.4, 0.5) is 10.8 Å². The highest BCUT2D eigenvalue weighted by Crippen LogP contribution is 2.23. The molecule has 1 saturated heterocycles. The van der Waals surface area contributed by atoms with Gasteiger partial charge in [0.05, 0.1) is 17.3 Å². The molecule has 0 radical (unpaired) electrons. The number of likely N-dealkylation sites (tertiary alicyclic amines) is 1. The number of rotatable bonds is 6. The number of nitrogens with zero attached hydrogens (tertiary/aromatic N) is 4. The molecule has 8 heteroatoms. The fraction of sp³-hybridized carbons (Fsp3) is 0.350. The van der Waals surface area contributed by atoms with Gasteiger partial charge in [-0.2, -0.15) is 5.10 Å². The Labute approximate surface area is 168 Å². The Kier molecular flexibility index (Phi) is 5.68. The number of carbonyl (C=O) groups excluding carboxylic acids is 1. The molecular weight excluding hydrogens is 372 g/mol. The maximum absolute atomic E-state index is 12.8. The Bertz CT molecular complexity index is 922. The van der Waals surface area contributed by atoms with E-state index in [2.05, 4.69) is 31.0 Å². The zero-order valence-corrected chi connectivity index (χ0v) is 16.7. The van der Waals surface area contributed by atoms with E-state index in [1.807, 2.05) is 43.6 Å². The van der Waals surface area contributed by atoms with Gasteiger partial charge >= 0.3 is 0 Å². The molecule has 28 heavy (non-hydrogen) atoms. The lowest BCUT2D eigenvalue weighted by Gasteiger charge is -2.31. The predicted octanol–water partition coefficient (Wildman–Crippen LogP) is 3.22. The predicted molar refractivity (Wildman–Crippen MR) is 112 cm³/mol. The topological polar surface area (TPSA) is 75.1 Å². The maximum atomic E-state index is 12.8. The van der Waals surface area contributed by atoms with Gasteiger partial charge in [0.25, 0.3) is 0 Å². The minimum Gasteiger partial charge on any atom is -0.365 e. The lowest BCUT2D eigenvalue weighted by molar-refractivity contribution is -0.121. The summed E-state index contributed by atoms with van der Waals surface area (Å²) >= 11 is 1.61. The number of thiazole rings is 1. The molecule has 1 aliphatic heterocycles. The fourth-order valence-electron chi connectivity index (χ4n) is 3.53. The van der Waals surface area contributed by atoms with E-state index in [4.69, 9.17) is 0 Å². The highest BCUT2D eigenvalue weighted by atomic mass is 32.1. The first-order valence-electron chi connectivity index (χ1n) is 9.47. The second-order valence-corrected chi connectivity index (χ2v) is 7.82. The summed E-state index contributed by atoms with van der Waals surface area (Å²) in [6.45, 7) is 2.55. The number of amides is 1. The molecular formula is C20H24N6OS. The molecule has 146 valence electrons. The first-order valence-corrected chi connectivity index (χ1v) is 10.3. The van der Waals surface area contributed by atoms with Crippen molar-refractivity contribution >= 4 is 28.1 Å². The Balaban J connectivity index is 1.37. The molecule has 0 saturated carbocycles. The number of hydrogen-bond donors (Lipinski definition) is 2. The number of hydrogen-bond acceptors (Lipinski definition) is 6. The molecule has 1 atom stereocenters. The van der Waals surface area contributed by atoms with Gasteiger partial charge in [-0.05, 0) is 43.7 Å². The van der Waals surface area contributed by atoms with Gasteiger partial charge in [0.15, 0.2) is 5.13 Å². The Hall–Kier alpha value is -2.71. The van der Waals surface area contributed by atoms with Crippen molar-refractivity contribution in [3.63, 3.8) is 0 Å². The highest BCUT2D eigenvalue weighted by Gasteiger charge is 2.26. The fourth-order valence-corrected chi connectivity index (χ4v) is 4.19.